The van der Waals surface area contributed by atoms with Gasteiger partial charge < -0.3 is 31.1 Å². The topological polar surface area (TPSA) is 151 Å². The maximum Gasteiger partial charge on any atom is 0.408 e. The van der Waals surface area contributed by atoms with Crippen molar-refractivity contribution in [2.45, 2.75) is 128 Å². The zero-order valence-corrected chi connectivity index (χ0v) is 25.2. The van der Waals surface area contributed by atoms with Crippen LogP contribution in [0.4, 0.5) is 4.79 Å². The Bertz CT molecular complexity index is 1000. The van der Waals surface area contributed by atoms with Gasteiger partial charge in [-0.25, -0.2) is 4.79 Å². The van der Waals surface area contributed by atoms with Crippen molar-refractivity contribution in [2.75, 3.05) is 6.54 Å². The number of nitrogens with one attached hydrogen (secondary N) is 2. The van der Waals surface area contributed by atoms with E-state index in [9.17, 15) is 24.3 Å². The first kappa shape index (κ1) is 33.9. The number of nitrogens with two attached hydrogens (primary N) is 1. The van der Waals surface area contributed by atoms with Crippen LogP contribution in [-0.4, -0.2) is 58.1 Å². The number of phenolic OH excluding ortho intramolecular Hbond substituents is 1. The molecule has 0 radical (unpaired) electrons. The number of unbranched alkanes of at least 4 members (excludes halogenated alkanes) is 5. The van der Waals surface area contributed by atoms with Crippen LogP contribution in [0.15, 0.2) is 24.3 Å². The zero-order valence-electron chi connectivity index (χ0n) is 25.2. The standard InChI is InChI=1S/C31H50N4O6/c1-5-6-7-8-9-15-20-35(29(39)24(21-26(32)37)34-30(40)41-31(2,3)4)27(23-18-13-14-19-25(23)36)28(38)33-22-16-11-10-12-17-22/h13-14,18-19,22,24,27,36H,5-12,15-17,20-21H2,1-4H3,(H2,32,37)(H,33,38)(H,34,40). The summed E-state index contributed by atoms with van der Waals surface area (Å²) >= 11 is 0. The Kier molecular flexibility index (Phi) is 13.9. The molecule has 2 atom stereocenters. The summed E-state index contributed by atoms with van der Waals surface area (Å²) in [5.41, 5.74) is 4.92. The highest BCUT2D eigenvalue weighted by Crippen LogP contribution is 2.31. The average molecular weight is 575 g/mol. The molecule has 0 heterocycles. The molecule has 4 amide bonds. The van der Waals surface area contributed by atoms with Crippen LogP contribution < -0.4 is 16.4 Å². The number of carbonyl (C=O) groups excluding carboxylic acids is 4. The van der Waals surface area contributed by atoms with Gasteiger partial charge in [-0.1, -0.05) is 76.5 Å². The fourth-order valence-corrected chi connectivity index (χ4v) is 5.18. The number of hydrogen-bond donors (Lipinski definition) is 4. The summed E-state index contributed by atoms with van der Waals surface area (Å²) in [6, 6.07) is 3.89. The number of alkyl carbamates (subject to hydrolysis) is 1. The van der Waals surface area contributed by atoms with Crippen LogP contribution in [-0.2, 0) is 19.1 Å². The summed E-state index contributed by atoms with van der Waals surface area (Å²) in [6.07, 6.45) is 9.18. The monoisotopic (exact) mass is 574 g/mol. The van der Waals surface area contributed by atoms with E-state index in [-0.39, 0.29) is 23.9 Å². The number of para-hydroxylation sites is 1. The van der Waals surface area contributed by atoms with Crippen molar-refractivity contribution in [1.82, 2.24) is 15.5 Å². The molecule has 1 aromatic carbocycles. The smallest absolute Gasteiger partial charge is 0.408 e. The van der Waals surface area contributed by atoms with Gasteiger partial charge in [0.15, 0.2) is 0 Å². The molecule has 2 unspecified atom stereocenters. The number of amides is 4. The Morgan fingerprint density at radius 3 is 2.27 bits per heavy atom. The summed E-state index contributed by atoms with van der Waals surface area (Å²) in [4.78, 5) is 54.1. The molecule has 10 nitrogen and oxygen atoms in total. The number of rotatable bonds is 15. The second-order valence-corrected chi connectivity index (χ2v) is 12.0. The summed E-state index contributed by atoms with van der Waals surface area (Å²) in [5, 5.41) is 16.4. The number of ether oxygens (including phenoxy) is 1. The number of aromatic hydroxyl groups is 1. The third-order valence-electron chi connectivity index (χ3n) is 7.17. The van der Waals surface area contributed by atoms with Crippen LogP contribution in [0.5, 0.6) is 5.75 Å². The van der Waals surface area contributed by atoms with Gasteiger partial charge in [-0.2, -0.15) is 0 Å². The second-order valence-electron chi connectivity index (χ2n) is 12.0. The van der Waals surface area contributed by atoms with Crippen LogP contribution in [0.3, 0.4) is 0 Å². The molecule has 1 aromatic rings. The van der Waals surface area contributed by atoms with Crippen molar-refractivity contribution in [3.63, 3.8) is 0 Å². The SMILES string of the molecule is CCCCCCCCN(C(=O)C(CC(N)=O)NC(=O)OC(C)(C)C)C(C(=O)NC1CCCCC1)c1ccccc1O. The van der Waals surface area contributed by atoms with E-state index in [2.05, 4.69) is 17.6 Å². The first-order valence-corrected chi connectivity index (χ1v) is 15.1. The highest BCUT2D eigenvalue weighted by Gasteiger charge is 2.38. The van der Waals surface area contributed by atoms with E-state index in [1.807, 2.05) is 0 Å². The van der Waals surface area contributed by atoms with Gasteiger partial charge in [0, 0.05) is 18.2 Å². The molecule has 0 spiro atoms. The van der Waals surface area contributed by atoms with Crippen LogP contribution in [0.25, 0.3) is 0 Å². The summed E-state index contributed by atoms with van der Waals surface area (Å²) in [5.74, 6) is -1.96. The Labute approximate surface area is 244 Å². The molecule has 0 saturated heterocycles. The molecule has 2 rings (SSSR count). The minimum atomic E-state index is -1.35. The molecule has 5 N–H and O–H groups in total. The first-order valence-electron chi connectivity index (χ1n) is 15.1. The molecular formula is C31H50N4O6. The highest BCUT2D eigenvalue weighted by molar-refractivity contribution is 5.94. The molecule has 1 aliphatic rings. The van der Waals surface area contributed by atoms with Gasteiger partial charge in [0.25, 0.3) is 0 Å². The summed E-state index contributed by atoms with van der Waals surface area (Å²) < 4.78 is 5.34. The molecule has 1 aliphatic carbocycles. The van der Waals surface area contributed by atoms with Crippen molar-refractivity contribution in [1.29, 1.82) is 0 Å². The van der Waals surface area contributed by atoms with Gasteiger partial charge in [-0.15, -0.1) is 0 Å². The molecule has 10 heteroatoms. The van der Waals surface area contributed by atoms with Crippen LogP contribution in [0.1, 0.15) is 116 Å². The molecule has 0 aliphatic heterocycles. The second kappa shape index (κ2) is 16.8. The molecule has 41 heavy (non-hydrogen) atoms. The third-order valence-corrected chi connectivity index (χ3v) is 7.17. The van der Waals surface area contributed by atoms with Crippen molar-refractivity contribution in [2.24, 2.45) is 5.73 Å². The Morgan fingerprint density at radius 1 is 1.02 bits per heavy atom. The molecule has 1 saturated carbocycles. The number of phenols is 1. The number of benzene rings is 1. The quantitative estimate of drug-likeness (QED) is 0.220. The normalized spacial score (nSPS) is 15.4. The Balaban J connectivity index is 2.45. The molecule has 230 valence electrons. The minimum Gasteiger partial charge on any atom is -0.508 e. The number of carbonyl (C=O) groups is 4. The number of primary amides is 1. The molecule has 0 bridgehead atoms. The van der Waals surface area contributed by atoms with Gasteiger partial charge >= 0.3 is 6.09 Å². The number of hydrogen-bond acceptors (Lipinski definition) is 6. The van der Waals surface area contributed by atoms with E-state index in [1.165, 1.54) is 11.0 Å². The largest absolute Gasteiger partial charge is 0.508 e. The van der Waals surface area contributed by atoms with Crippen molar-refractivity contribution in [3.8, 4) is 5.75 Å². The van der Waals surface area contributed by atoms with Crippen LogP contribution >= 0.6 is 0 Å². The maximum atomic E-state index is 14.2. The minimum absolute atomic E-state index is 0.0306. The van der Waals surface area contributed by atoms with Crippen LogP contribution in [0, 0.1) is 0 Å². The lowest BCUT2D eigenvalue weighted by Gasteiger charge is -2.35. The Hall–Kier alpha value is -3.30. The average Bonchev–Trinajstić information content (AvgIpc) is 2.89. The predicted octanol–water partition coefficient (Wildman–Crippen LogP) is 4.84. The van der Waals surface area contributed by atoms with E-state index in [0.717, 1.165) is 64.2 Å². The van der Waals surface area contributed by atoms with E-state index in [1.54, 1.807) is 39.0 Å². The van der Waals surface area contributed by atoms with Gasteiger partial charge in [0.05, 0.1) is 6.42 Å². The predicted molar refractivity (Wildman–Crippen MR) is 158 cm³/mol. The van der Waals surface area contributed by atoms with Gasteiger partial charge in [-0.05, 0) is 46.1 Å². The lowest BCUT2D eigenvalue weighted by Crippen LogP contribution is -2.55. The highest BCUT2D eigenvalue weighted by atomic mass is 16.6. The molecule has 0 aromatic heterocycles. The van der Waals surface area contributed by atoms with E-state index in [0.29, 0.717) is 6.42 Å². The Morgan fingerprint density at radius 2 is 1.66 bits per heavy atom. The fraction of sp³-hybridized carbons (Fsp3) is 0.677. The van der Waals surface area contributed by atoms with E-state index < -0.39 is 47.9 Å². The third kappa shape index (κ3) is 12.0. The summed E-state index contributed by atoms with van der Waals surface area (Å²) in [7, 11) is 0. The van der Waals surface area contributed by atoms with Gasteiger partial charge in [0.2, 0.25) is 17.7 Å². The van der Waals surface area contributed by atoms with E-state index in [4.69, 9.17) is 10.5 Å². The lowest BCUT2D eigenvalue weighted by molar-refractivity contribution is -0.143. The van der Waals surface area contributed by atoms with Crippen LogP contribution in [0.2, 0.25) is 0 Å². The summed E-state index contributed by atoms with van der Waals surface area (Å²) in [6.45, 7) is 7.39. The molecule has 1 fully saturated rings. The number of nitrogens with zero attached hydrogens (tertiary/aromatic N) is 1. The first-order chi connectivity index (χ1) is 19.4. The van der Waals surface area contributed by atoms with Gasteiger partial charge in [-0.3, -0.25) is 14.4 Å². The zero-order chi connectivity index (χ0) is 30.4. The fourth-order valence-electron chi connectivity index (χ4n) is 5.18. The maximum absolute atomic E-state index is 14.2. The van der Waals surface area contributed by atoms with Crippen molar-refractivity contribution >= 4 is 23.8 Å². The van der Waals surface area contributed by atoms with E-state index >= 15 is 0 Å². The van der Waals surface area contributed by atoms with Crippen molar-refractivity contribution in [3.05, 3.63) is 29.8 Å². The van der Waals surface area contributed by atoms with Gasteiger partial charge in [0.1, 0.15) is 23.4 Å². The molecular weight excluding hydrogens is 524 g/mol. The van der Waals surface area contributed by atoms with Crippen molar-refractivity contribution < 1.29 is 29.0 Å². The lowest BCUT2D eigenvalue weighted by atomic mass is 9.94.